The van der Waals surface area contributed by atoms with Gasteiger partial charge in [0, 0.05) is 23.1 Å². The number of hydrogen-bond donors (Lipinski definition) is 2. The molecule has 0 aliphatic heterocycles. The molecule has 4 nitrogen and oxygen atoms in total. The Morgan fingerprint density at radius 3 is 2.29 bits per heavy atom. The fourth-order valence-electron chi connectivity index (χ4n) is 11.2. The van der Waals surface area contributed by atoms with Crippen molar-refractivity contribution in [3.63, 3.8) is 0 Å². The third-order valence-electron chi connectivity index (χ3n) is 13.8. The number of allylic oxidation sites excluding steroid dienone is 1. The summed E-state index contributed by atoms with van der Waals surface area (Å²) in [6, 6.07) is 0.707. The van der Waals surface area contributed by atoms with Crippen LogP contribution in [0, 0.1) is 44.8 Å². The van der Waals surface area contributed by atoms with Crippen LogP contribution in [0.1, 0.15) is 99.3 Å². The molecule has 5 rings (SSSR count). The molecule has 198 valence electrons. The quantitative estimate of drug-likeness (QED) is 0.485. The molecule has 2 spiro atoms. The molecule has 1 amide bonds. The topological polar surface area (TPSA) is 52.6 Å². The second-order valence-corrected chi connectivity index (χ2v) is 14.6. The summed E-state index contributed by atoms with van der Waals surface area (Å²) in [6.45, 7) is 14.1. The molecule has 10 atom stereocenters. The summed E-state index contributed by atoms with van der Waals surface area (Å²) >= 11 is 0. The Hall–Kier alpha value is -0.870. The van der Waals surface area contributed by atoms with Crippen molar-refractivity contribution in [1.82, 2.24) is 10.2 Å². The molecule has 2 N–H and O–H groups in total. The molecule has 0 aromatic heterocycles. The number of nitrogens with zero attached hydrogens (tertiary/aromatic N) is 1. The van der Waals surface area contributed by atoms with Gasteiger partial charge in [-0.25, -0.2) is 0 Å². The zero-order chi connectivity index (χ0) is 25.6. The molecule has 0 saturated heterocycles. The maximum atomic E-state index is 12.8. The van der Waals surface area contributed by atoms with Crippen LogP contribution in [0.3, 0.4) is 0 Å². The average molecular weight is 485 g/mol. The van der Waals surface area contributed by atoms with Crippen molar-refractivity contribution in [1.29, 1.82) is 0 Å². The van der Waals surface area contributed by atoms with Crippen LogP contribution in [-0.2, 0) is 4.79 Å². The van der Waals surface area contributed by atoms with Crippen LogP contribution in [0.15, 0.2) is 11.6 Å². The van der Waals surface area contributed by atoms with Crippen LogP contribution in [0.5, 0.6) is 0 Å². The Morgan fingerprint density at radius 1 is 1.00 bits per heavy atom. The van der Waals surface area contributed by atoms with E-state index in [1.807, 2.05) is 19.9 Å². The number of nitrogens with one attached hydrogen (secondary N) is 1. The van der Waals surface area contributed by atoms with Gasteiger partial charge in [0.15, 0.2) is 0 Å². The second-order valence-electron chi connectivity index (χ2n) is 14.6. The first kappa shape index (κ1) is 25.8. The summed E-state index contributed by atoms with van der Waals surface area (Å²) in [6.07, 6.45) is 13.6. The Labute approximate surface area is 214 Å². The highest BCUT2D eigenvalue weighted by molar-refractivity contribution is 5.92. The Morgan fingerprint density at radius 2 is 1.66 bits per heavy atom. The molecular weight excluding hydrogens is 432 g/mol. The monoisotopic (exact) mass is 484 g/mol. The summed E-state index contributed by atoms with van der Waals surface area (Å²) in [5.41, 5.74) is 2.27. The van der Waals surface area contributed by atoms with E-state index < -0.39 is 0 Å². The van der Waals surface area contributed by atoms with Crippen molar-refractivity contribution in [2.75, 3.05) is 20.7 Å². The Kier molecular flexibility index (Phi) is 5.94. The van der Waals surface area contributed by atoms with Gasteiger partial charge in [0.2, 0.25) is 5.91 Å². The van der Waals surface area contributed by atoms with E-state index in [9.17, 15) is 9.90 Å². The standard InChI is InChI=1S/C31H52N2O2/c1-9-20(2)26(35)32-25-13-15-30-18-31(30)17-16-28(5)22(21(3)33(7)8)12-14-29(28,6)24(31)11-10-23(30)27(25,4)19-34/h9,21-25,34H,10-19H2,1-8H3,(H,32,35)/b20-9+/t21-,22+,23-,24-,25-,27-,28+,29-,30+,31-/m0/s1. The van der Waals surface area contributed by atoms with E-state index in [1.165, 1.54) is 51.4 Å². The molecular formula is C31H52N2O2. The second kappa shape index (κ2) is 8.06. The normalized spacial score (nSPS) is 51.7. The van der Waals surface area contributed by atoms with Crippen molar-refractivity contribution in [2.45, 2.75) is 111 Å². The lowest BCUT2D eigenvalue weighted by molar-refractivity contribution is -0.156. The van der Waals surface area contributed by atoms with Crippen LogP contribution in [0.2, 0.25) is 0 Å². The molecule has 0 aromatic rings. The van der Waals surface area contributed by atoms with Crippen molar-refractivity contribution >= 4 is 5.91 Å². The van der Waals surface area contributed by atoms with E-state index in [0.717, 1.165) is 23.8 Å². The van der Waals surface area contributed by atoms with Crippen LogP contribution in [0.25, 0.3) is 0 Å². The maximum Gasteiger partial charge on any atom is 0.246 e. The molecule has 5 saturated carbocycles. The van der Waals surface area contributed by atoms with Gasteiger partial charge in [-0.1, -0.05) is 26.8 Å². The third kappa shape index (κ3) is 3.08. The maximum absolute atomic E-state index is 12.8. The third-order valence-corrected chi connectivity index (χ3v) is 13.8. The van der Waals surface area contributed by atoms with E-state index in [0.29, 0.717) is 33.6 Å². The first-order chi connectivity index (χ1) is 16.4. The molecule has 0 radical (unpaired) electrons. The molecule has 5 aliphatic carbocycles. The first-order valence-corrected chi connectivity index (χ1v) is 14.6. The number of carbonyl (C=O) groups excluding carboxylic acids is 1. The lowest BCUT2D eigenvalue weighted by Gasteiger charge is -2.64. The number of aliphatic hydroxyl groups is 1. The van der Waals surface area contributed by atoms with Crippen LogP contribution >= 0.6 is 0 Å². The number of carbonyl (C=O) groups is 1. The van der Waals surface area contributed by atoms with Gasteiger partial charge in [-0.15, -0.1) is 0 Å². The average Bonchev–Trinajstić information content (AvgIpc) is 3.42. The lowest BCUT2D eigenvalue weighted by Crippen LogP contribution is -2.62. The lowest BCUT2D eigenvalue weighted by atomic mass is 9.41. The summed E-state index contributed by atoms with van der Waals surface area (Å²) < 4.78 is 0. The highest BCUT2D eigenvalue weighted by atomic mass is 16.3. The van der Waals surface area contributed by atoms with Gasteiger partial charge >= 0.3 is 0 Å². The molecule has 4 heteroatoms. The summed E-state index contributed by atoms with van der Waals surface area (Å²) in [4.78, 5) is 15.3. The minimum absolute atomic E-state index is 0.0419. The van der Waals surface area contributed by atoms with Crippen LogP contribution < -0.4 is 5.32 Å². The molecule has 0 bridgehead atoms. The van der Waals surface area contributed by atoms with Crippen molar-refractivity contribution < 1.29 is 9.90 Å². The van der Waals surface area contributed by atoms with E-state index in [2.05, 4.69) is 52.0 Å². The summed E-state index contributed by atoms with van der Waals surface area (Å²) in [7, 11) is 4.53. The Bertz CT molecular complexity index is 914. The number of hydrogen-bond acceptors (Lipinski definition) is 3. The molecule has 5 aliphatic rings. The number of fused-ring (bicyclic) bond motifs is 2. The van der Waals surface area contributed by atoms with Gasteiger partial charge in [-0.05, 0) is 132 Å². The highest BCUT2D eigenvalue weighted by Crippen LogP contribution is 2.89. The van der Waals surface area contributed by atoms with E-state index >= 15 is 0 Å². The minimum atomic E-state index is -0.226. The minimum Gasteiger partial charge on any atom is -0.396 e. The fraction of sp³-hybridized carbons (Fsp3) is 0.903. The number of rotatable bonds is 5. The predicted molar refractivity (Wildman–Crippen MR) is 143 cm³/mol. The Balaban J connectivity index is 1.44. The molecule has 5 fully saturated rings. The molecule has 0 unspecified atom stereocenters. The molecule has 0 heterocycles. The van der Waals surface area contributed by atoms with Crippen molar-refractivity contribution in [2.24, 2.45) is 44.8 Å². The van der Waals surface area contributed by atoms with Crippen molar-refractivity contribution in [3.05, 3.63) is 11.6 Å². The summed E-state index contributed by atoms with van der Waals surface area (Å²) in [5, 5.41) is 14.2. The van der Waals surface area contributed by atoms with Gasteiger partial charge in [0.1, 0.15) is 0 Å². The number of amides is 1. The summed E-state index contributed by atoms with van der Waals surface area (Å²) in [5.74, 6) is 2.17. The van der Waals surface area contributed by atoms with E-state index in [1.54, 1.807) is 0 Å². The van der Waals surface area contributed by atoms with Crippen LogP contribution in [-0.4, -0.2) is 48.7 Å². The number of aliphatic hydroxyl groups excluding tert-OH is 1. The molecule has 35 heavy (non-hydrogen) atoms. The van der Waals surface area contributed by atoms with Gasteiger partial charge < -0.3 is 15.3 Å². The van der Waals surface area contributed by atoms with E-state index in [4.69, 9.17) is 0 Å². The SMILES string of the molecule is C/C=C(\C)C(=O)N[C@H]1CC[C@]23C[C@]24CC[C@]2(C)[C@@H]([C@H](C)N(C)C)CC[C@@]2(C)[C@@H]4CC[C@H]3[C@]1(C)CO. The van der Waals surface area contributed by atoms with E-state index in [-0.39, 0.29) is 24.0 Å². The zero-order valence-corrected chi connectivity index (χ0v) is 23.8. The molecule has 0 aromatic carbocycles. The highest BCUT2D eigenvalue weighted by Gasteiger charge is 2.82. The van der Waals surface area contributed by atoms with Gasteiger partial charge in [0.05, 0.1) is 6.61 Å². The zero-order valence-electron chi connectivity index (χ0n) is 23.8. The van der Waals surface area contributed by atoms with Gasteiger partial charge in [-0.2, -0.15) is 0 Å². The van der Waals surface area contributed by atoms with Gasteiger partial charge in [-0.3, -0.25) is 4.79 Å². The first-order valence-electron chi connectivity index (χ1n) is 14.6. The smallest absolute Gasteiger partial charge is 0.246 e. The van der Waals surface area contributed by atoms with Crippen LogP contribution in [0.4, 0.5) is 0 Å². The van der Waals surface area contributed by atoms with Crippen molar-refractivity contribution in [3.8, 4) is 0 Å². The largest absolute Gasteiger partial charge is 0.396 e. The predicted octanol–water partition coefficient (Wildman–Crippen LogP) is 5.80. The fourth-order valence-corrected chi connectivity index (χ4v) is 11.2. The van der Waals surface area contributed by atoms with Gasteiger partial charge in [0.25, 0.3) is 0 Å².